The first-order valence-electron chi connectivity index (χ1n) is 6.61. The second-order valence-corrected chi connectivity index (χ2v) is 5.48. The van der Waals surface area contributed by atoms with Crippen molar-refractivity contribution >= 4 is 0 Å². The lowest BCUT2D eigenvalue weighted by atomic mass is 9.63. The summed E-state index contributed by atoms with van der Waals surface area (Å²) in [6, 6.07) is 10.4. The maximum Gasteiger partial charge on any atom is 0.0614 e. The fourth-order valence-corrected chi connectivity index (χ4v) is 2.81. The van der Waals surface area contributed by atoms with Crippen LogP contribution in [-0.2, 0) is 0 Å². The number of rotatable bonds is 5. The molecule has 2 nitrogen and oxygen atoms in total. The highest BCUT2D eigenvalue weighted by Crippen LogP contribution is 2.45. The Balaban J connectivity index is 1.97. The van der Waals surface area contributed by atoms with Crippen LogP contribution in [0, 0.1) is 5.41 Å². The number of aliphatic hydroxyl groups excluding tert-OH is 1. The molecule has 0 heterocycles. The molecule has 2 rings (SSSR count). The molecule has 2 unspecified atom stereocenters. The van der Waals surface area contributed by atoms with E-state index in [0.29, 0.717) is 12.5 Å². The molecule has 3 N–H and O–H groups in total. The van der Waals surface area contributed by atoms with Crippen LogP contribution in [0.2, 0.25) is 0 Å². The summed E-state index contributed by atoms with van der Waals surface area (Å²) in [7, 11) is 0. The van der Waals surface area contributed by atoms with Gasteiger partial charge in [-0.15, -0.1) is 0 Å². The largest absolute Gasteiger partial charge is 0.392 e. The third kappa shape index (κ3) is 2.53. The van der Waals surface area contributed by atoms with Gasteiger partial charge in [0, 0.05) is 12.0 Å². The Hall–Kier alpha value is -0.860. The van der Waals surface area contributed by atoms with Gasteiger partial charge in [0.15, 0.2) is 0 Å². The van der Waals surface area contributed by atoms with Crippen molar-refractivity contribution in [3.05, 3.63) is 35.9 Å². The first-order valence-corrected chi connectivity index (χ1v) is 6.61. The van der Waals surface area contributed by atoms with Gasteiger partial charge in [-0.25, -0.2) is 0 Å². The van der Waals surface area contributed by atoms with Crippen LogP contribution in [0.15, 0.2) is 30.3 Å². The molecule has 0 bridgehead atoms. The fraction of sp³-hybridized carbons (Fsp3) is 0.600. The maximum absolute atomic E-state index is 10.4. The fourth-order valence-electron chi connectivity index (χ4n) is 2.81. The molecule has 0 radical (unpaired) electrons. The number of hydrogen-bond donors (Lipinski definition) is 2. The zero-order valence-electron chi connectivity index (χ0n) is 10.6. The molecule has 1 aliphatic carbocycles. The van der Waals surface area contributed by atoms with Crippen molar-refractivity contribution in [1.82, 2.24) is 0 Å². The van der Waals surface area contributed by atoms with E-state index < -0.39 is 0 Å². The van der Waals surface area contributed by atoms with E-state index in [1.54, 1.807) is 0 Å². The minimum absolute atomic E-state index is 0.0169. The first-order chi connectivity index (χ1) is 8.18. The van der Waals surface area contributed by atoms with Crippen LogP contribution in [-0.4, -0.2) is 17.8 Å². The van der Waals surface area contributed by atoms with Gasteiger partial charge in [0.25, 0.3) is 0 Å². The minimum Gasteiger partial charge on any atom is -0.392 e. The third-order valence-corrected chi connectivity index (χ3v) is 4.41. The van der Waals surface area contributed by atoms with Crippen molar-refractivity contribution in [2.24, 2.45) is 11.1 Å². The van der Waals surface area contributed by atoms with Gasteiger partial charge in [-0.1, -0.05) is 43.7 Å². The Kier molecular flexibility index (Phi) is 3.85. The molecule has 0 aromatic heterocycles. The van der Waals surface area contributed by atoms with Crippen LogP contribution >= 0.6 is 0 Å². The van der Waals surface area contributed by atoms with E-state index in [4.69, 9.17) is 5.73 Å². The molecule has 1 saturated carbocycles. The summed E-state index contributed by atoms with van der Waals surface area (Å²) in [6.07, 6.45) is 3.96. The Labute approximate surface area is 104 Å². The average molecular weight is 233 g/mol. The van der Waals surface area contributed by atoms with Crippen molar-refractivity contribution in [2.45, 2.75) is 44.6 Å². The number of benzene rings is 1. The summed E-state index contributed by atoms with van der Waals surface area (Å²) in [5.41, 5.74) is 7.14. The van der Waals surface area contributed by atoms with E-state index in [-0.39, 0.29) is 11.5 Å². The van der Waals surface area contributed by atoms with Crippen molar-refractivity contribution in [1.29, 1.82) is 0 Å². The Bertz CT molecular complexity index is 340. The maximum atomic E-state index is 10.4. The monoisotopic (exact) mass is 233 g/mol. The van der Waals surface area contributed by atoms with Crippen LogP contribution in [0.4, 0.5) is 0 Å². The molecule has 1 aromatic carbocycles. The summed E-state index contributed by atoms with van der Waals surface area (Å²) in [5.74, 6) is 0.398. The topological polar surface area (TPSA) is 46.2 Å². The smallest absolute Gasteiger partial charge is 0.0614 e. The molecular weight excluding hydrogens is 210 g/mol. The van der Waals surface area contributed by atoms with Gasteiger partial charge in [-0.2, -0.15) is 0 Å². The molecule has 94 valence electrons. The molecule has 1 aliphatic rings. The summed E-state index contributed by atoms with van der Waals surface area (Å²) in [6.45, 7) is 2.80. The highest BCUT2D eigenvalue weighted by atomic mass is 16.3. The van der Waals surface area contributed by atoms with E-state index in [2.05, 4.69) is 31.2 Å². The van der Waals surface area contributed by atoms with Gasteiger partial charge in [-0.3, -0.25) is 0 Å². The number of nitrogens with two attached hydrogens (primary N) is 1. The molecule has 0 saturated heterocycles. The second kappa shape index (κ2) is 5.19. The van der Waals surface area contributed by atoms with E-state index >= 15 is 0 Å². The summed E-state index contributed by atoms with van der Waals surface area (Å²) < 4.78 is 0. The molecular formula is C15H23NO. The number of hydrogen-bond acceptors (Lipinski definition) is 2. The van der Waals surface area contributed by atoms with Crippen LogP contribution in [0.3, 0.4) is 0 Å². The second-order valence-electron chi connectivity index (χ2n) is 5.48. The lowest BCUT2D eigenvalue weighted by molar-refractivity contribution is -0.0350. The zero-order valence-corrected chi connectivity index (χ0v) is 10.6. The van der Waals surface area contributed by atoms with Crippen molar-refractivity contribution in [3.8, 4) is 0 Å². The summed E-state index contributed by atoms with van der Waals surface area (Å²) in [5, 5.41) is 10.4. The van der Waals surface area contributed by atoms with E-state index in [1.165, 1.54) is 12.0 Å². The zero-order chi connectivity index (χ0) is 12.3. The minimum atomic E-state index is -0.253. The van der Waals surface area contributed by atoms with Crippen molar-refractivity contribution in [2.75, 3.05) is 6.54 Å². The molecule has 1 fully saturated rings. The Morgan fingerprint density at radius 3 is 2.41 bits per heavy atom. The first kappa shape index (κ1) is 12.6. The predicted molar refractivity (Wildman–Crippen MR) is 70.8 cm³/mol. The van der Waals surface area contributed by atoms with Gasteiger partial charge in [0.1, 0.15) is 0 Å². The molecule has 0 spiro atoms. The van der Waals surface area contributed by atoms with E-state index in [1.807, 2.05) is 6.07 Å². The molecule has 0 aliphatic heterocycles. The SMILES string of the molecule is CC(CC(O)C1(CN)CCC1)c1ccccc1. The third-order valence-electron chi connectivity index (χ3n) is 4.41. The lowest BCUT2D eigenvalue weighted by Crippen LogP contribution is -2.47. The standard InChI is InChI=1S/C15H23NO/c1-12(13-6-3-2-4-7-13)10-14(17)15(11-16)8-5-9-15/h2-4,6-7,12,14,17H,5,8-11,16H2,1H3. The highest BCUT2D eigenvalue weighted by molar-refractivity contribution is 5.19. The normalized spacial score (nSPS) is 21.6. The van der Waals surface area contributed by atoms with Gasteiger partial charge in [0.05, 0.1) is 6.10 Å². The van der Waals surface area contributed by atoms with Crippen molar-refractivity contribution < 1.29 is 5.11 Å². The van der Waals surface area contributed by atoms with Gasteiger partial charge in [-0.05, 0) is 30.7 Å². The summed E-state index contributed by atoms with van der Waals surface area (Å²) >= 11 is 0. The molecule has 0 amide bonds. The van der Waals surface area contributed by atoms with Gasteiger partial charge < -0.3 is 10.8 Å². The highest BCUT2D eigenvalue weighted by Gasteiger charge is 2.42. The van der Waals surface area contributed by atoms with Gasteiger partial charge in [0.2, 0.25) is 0 Å². The number of aliphatic hydroxyl groups is 1. The Morgan fingerprint density at radius 2 is 1.94 bits per heavy atom. The van der Waals surface area contributed by atoms with Crippen molar-refractivity contribution in [3.63, 3.8) is 0 Å². The molecule has 2 atom stereocenters. The Morgan fingerprint density at radius 1 is 1.29 bits per heavy atom. The van der Waals surface area contributed by atoms with Crippen LogP contribution in [0.5, 0.6) is 0 Å². The lowest BCUT2D eigenvalue weighted by Gasteiger charge is -2.45. The van der Waals surface area contributed by atoms with Crippen LogP contribution in [0.1, 0.15) is 44.1 Å². The summed E-state index contributed by atoms with van der Waals surface area (Å²) in [4.78, 5) is 0. The quantitative estimate of drug-likeness (QED) is 0.821. The van der Waals surface area contributed by atoms with E-state index in [0.717, 1.165) is 19.3 Å². The molecule has 2 heteroatoms. The predicted octanol–water partition coefficient (Wildman–Crippen LogP) is 2.67. The van der Waals surface area contributed by atoms with Gasteiger partial charge >= 0.3 is 0 Å². The molecule has 1 aromatic rings. The van der Waals surface area contributed by atoms with Crippen LogP contribution < -0.4 is 5.73 Å². The molecule has 17 heavy (non-hydrogen) atoms. The average Bonchev–Trinajstić information content (AvgIpc) is 2.29. The van der Waals surface area contributed by atoms with Crippen LogP contribution in [0.25, 0.3) is 0 Å². The van der Waals surface area contributed by atoms with E-state index in [9.17, 15) is 5.11 Å².